The molecule has 0 unspecified atom stereocenters. The number of nitrogens with two attached hydrogens (primary N) is 1. The van der Waals surface area contributed by atoms with Crippen molar-refractivity contribution in [1.29, 1.82) is 0 Å². The maximum atomic E-state index is 11.7. The fraction of sp³-hybridized carbons (Fsp3) is 0.273. The second-order valence-electron chi connectivity index (χ2n) is 3.63. The molecule has 98 valence electrons. The standard InChI is InChI=1S/C11H13BrN2O4/c12-7-5-6(1-2-8(7)13)10(16)14-4-3-9(15)11(17)18/h1-2,5,9,15H,3-4,13H2,(H,14,16)(H,17,18)/t9-/m0/s1. The molecule has 5 N–H and O–H groups in total. The van der Waals surface area contributed by atoms with Crippen LogP contribution in [0.25, 0.3) is 0 Å². The van der Waals surface area contributed by atoms with Crippen molar-refractivity contribution in [2.75, 3.05) is 12.3 Å². The quantitative estimate of drug-likeness (QED) is 0.594. The highest BCUT2D eigenvalue weighted by atomic mass is 79.9. The lowest BCUT2D eigenvalue weighted by atomic mass is 10.2. The fourth-order valence-corrected chi connectivity index (χ4v) is 1.60. The summed E-state index contributed by atoms with van der Waals surface area (Å²) in [7, 11) is 0. The number of aliphatic hydroxyl groups is 1. The van der Waals surface area contributed by atoms with Crippen LogP contribution >= 0.6 is 15.9 Å². The number of hydrogen-bond donors (Lipinski definition) is 4. The van der Waals surface area contributed by atoms with Gasteiger partial charge in [-0.05, 0) is 34.1 Å². The largest absolute Gasteiger partial charge is 0.479 e. The van der Waals surface area contributed by atoms with Gasteiger partial charge in [-0.15, -0.1) is 0 Å². The van der Waals surface area contributed by atoms with Gasteiger partial charge in [-0.1, -0.05) is 0 Å². The summed E-state index contributed by atoms with van der Waals surface area (Å²) >= 11 is 3.20. The molecule has 0 aliphatic heterocycles. The van der Waals surface area contributed by atoms with Crippen LogP contribution in [0.5, 0.6) is 0 Å². The number of halogens is 1. The van der Waals surface area contributed by atoms with Crippen molar-refractivity contribution in [1.82, 2.24) is 5.32 Å². The minimum absolute atomic E-state index is 0.0444. The van der Waals surface area contributed by atoms with Gasteiger partial charge in [0, 0.05) is 28.7 Å². The number of anilines is 1. The number of carboxylic acid groups (broad SMARTS) is 1. The number of carbonyl (C=O) groups is 2. The molecular formula is C11H13BrN2O4. The summed E-state index contributed by atoms with van der Waals surface area (Å²) in [5.41, 5.74) is 6.51. The van der Waals surface area contributed by atoms with Crippen molar-refractivity contribution in [3.05, 3.63) is 28.2 Å². The van der Waals surface area contributed by atoms with E-state index in [-0.39, 0.29) is 18.9 Å². The predicted octanol–water partition coefficient (Wildman–Crippen LogP) is 0.597. The molecule has 0 saturated carbocycles. The average Bonchev–Trinajstić information content (AvgIpc) is 2.32. The molecule has 1 amide bonds. The molecule has 1 aromatic carbocycles. The molecule has 0 fully saturated rings. The molecule has 0 heterocycles. The van der Waals surface area contributed by atoms with Crippen molar-refractivity contribution in [2.45, 2.75) is 12.5 Å². The number of carboxylic acids is 1. The second kappa shape index (κ2) is 6.36. The van der Waals surface area contributed by atoms with Gasteiger partial charge in [0.15, 0.2) is 6.10 Å². The summed E-state index contributed by atoms with van der Waals surface area (Å²) in [4.78, 5) is 22.0. The van der Waals surface area contributed by atoms with Crippen LogP contribution in [0.4, 0.5) is 5.69 Å². The third-order valence-electron chi connectivity index (χ3n) is 2.25. The van der Waals surface area contributed by atoms with E-state index in [0.717, 1.165) is 0 Å². The first-order valence-corrected chi connectivity index (χ1v) is 5.95. The molecule has 0 bridgehead atoms. The summed E-state index contributed by atoms with van der Waals surface area (Å²) in [5, 5.41) is 20.0. The van der Waals surface area contributed by atoms with E-state index in [4.69, 9.17) is 15.9 Å². The van der Waals surface area contributed by atoms with E-state index in [9.17, 15) is 9.59 Å². The van der Waals surface area contributed by atoms with Crippen molar-refractivity contribution < 1.29 is 19.8 Å². The van der Waals surface area contributed by atoms with E-state index in [1.54, 1.807) is 18.2 Å². The van der Waals surface area contributed by atoms with Gasteiger partial charge >= 0.3 is 5.97 Å². The smallest absolute Gasteiger partial charge is 0.332 e. The molecule has 0 aliphatic rings. The van der Waals surface area contributed by atoms with Gasteiger partial charge in [0.25, 0.3) is 5.91 Å². The highest BCUT2D eigenvalue weighted by molar-refractivity contribution is 9.10. The van der Waals surface area contributed by atoms with Crippen LogP contribution in [0.2, 0.25) is 0 Å². The number of carbonyl (C=O) groups excluding carboxylic acids is 1. The SMILES string of the molecule is Nc1ccc(C(=O)NCC[C@H](O)C(=O)O)cc1Br. The predicted molar refractivity (Wildman–Crippen MR) is 69.1 cm³/mol. The Balaban J connectivity index is 2.50. The van der Waals surface area contributed by atoms with Crippen LogP contribution in [0.15, 0.2) is 22.7 Å². The number of aliphatic carboxylic acids is 1. The first kappa shape index (κ1) is 14.5. The lowest BCUT2D eigenvalue weighted by Crippen LogP contribution is -2.30. The summed E-state index contributed by atoms with van der Waals surface area (Å²) < 4.78 is 0.612. The van der Waals surface area contributed by atoms with Gasteiger partial charge in [0.2, 0.25) is 0 Å². The Morgan fingerprint density at radius 1 is 1.44 bits per heavy atom. The zero-order valence-electron chi connectivity index (χ0n) is 9.39. The molecule has 0 saturated heterocycles. The van der Waals surface area contributed by atoms with Gasteiger partial charge < -0.3 is 21.3 Å². The number of nitrogen functional groups attached to an aromatic ring is 1. The Hall–Kier alpha value is -1.60. The molecule has 6 nitrogen and oxygen atoms in total. The summed E-state index contributed by atoms with van der Waals surface area (Å²) in [6.45, 7) is 0.0777. The van der Waals surface area contributed by atoms with Crippen LogP contribution in [-0.2, 0) is 4.79 Å². The first-order chi connectivity index (χ1) is 8.41. The van der Waals surface area contributed by atoms with Gasteiger partial charge in [-0.25, -0.2) is 4.79 Å². The van der Waals surface area contributed by atoms with E-state index in [1.807, 2.05) is 0 Å². The molecule has 0 spiro atoms. The Morgan fingerprint density at radius 3 is 2.67 bits per heavy atom. The van der Waals surface area contributed by atoms with Crippen LogP contribution in [0.3, 0.4) is 0 Å². The van der Waals surface area contributed by atoms with Gasteiger partial charge in [-0.2, -0.15) is 0 Å². The Bertz CT molecular complexity index is 464. The fourth-order valence-electron chi connectivity index (χ4n) is 1.22. The molecule has 18 heavy (non-hydrogen) atoms. The van der Waals surface area contributed by atoms with E-state index < -0.39 is 12.1 Å². The number of benzene rings is 1. The zero-order valence-corrected chi connectivity index (χ0v) is 11.0. The lowest BCUT2D eigenvalue weighted by Gasteiger charge is -2.08. The van der Waals surface area contributed by atoms with Gasteiger partial charge in [0.05, 0.1) is 0 Å². The molecule has 0 radical (unpaired) electrons. The third-order valence-corrected chi connectivity index (χ3v) is 2.94. The summed E-state index contributed by atoms with van der Waals surface area (Å²) in [6.07, 6.45) is -1.51. The van der Waals surface area contributed by atoms with Crippen molar-refractivity contribution in [3.63, 3.8) is 0 Å². The van der Waals surface area contributed by atoms with Crippen LogP contribution < -0.4 is 11.1 Å². The van der Waals surface area contributed by atoms with Crippen LogP contribution in [-0.4, -0.2) is 34.7 Å². The average molecular weight is 317 g/mol. The molecule has 7 heteroatoms. The van der Waals surface area contributed by atoms with E-state index in [2.05, 4.69) is 21.2 Å². The monoisotopic (exact) mass is 316 g/mol. The minimum atomic E-state index is -1.47. The number of nitrogens with one attached hydrogen (secondary N) is 1. The topological polar surface area (TPSA) is 113 Å². The Kier molecular flexibility index (Phi) is 5.11. The molecule has 1 rings (SSSR count). The second-order valence-corrected chi connectivity index (χ2v) is 4.49. The van der Waals surface area contributed by atoms with Crippen molar-refractivity contribution in [3.8, 4) is 0 Å². The van der Waals surface area contributed by atoms with E-state index in [0.29, 0.717) is 15.7 Å². The maximum absolute atomic E-state index is 11.7. The molecule has 0 aromatic heterocycles. The molecular weight excluding hydrogens is 304 g/mol. The van der Waals surface area contributed by atoms with Crippen molar-refractivity contribution in [2.24, 2.45) is 0 Å². The van der Waals surface area contributed by atoms with Crippen LogP contribution in [0, 0.1) is 0 Å². The third kappa shape index (κ3) is 4.01. The lowest BCUT2D eigenvalue weighted by molar-refractivity contribution is -0.146. The number of amides is 1. The summed E-state index contributed by atoms with van der Waals surface area (Å²) in [6, 6.07) is 4.71. The first-order valence-electron chi connectivity index (χ1n) is 5.16. The van der Waals surface area contributed by atoms with E-state index >= 15 is 0 Å². The maximum Gasteiger partial charge on any atom is 0.332 e. The highest BCUT2D eigenvalue weighted by Crippen LogP contribution is 2.20. The minimum Gasteiger partial charge on any atom is -0.479 e. The summed E-state index contributed by atoms with van der Waals surface area (Å²) in [5.74, 6) is -1.66. The Labute approximate surface area is 112 Å². The van der Waals surface area contributed by atoms with Gasteiger partial charge in [-0.3, -0.25) is 4.79 Å². The zero-order chi connectivity index (χ0) is 13.7. The van der Waals surface area contributed by atoms with E-state index in [1.165, 1.54) is 0 Å². The number of hydrogen-bond acceptors (Lipinski definition) is 4. The molecule has 1 aromatic rings. The normalized spacial score (nSPS) is 11.9. The molecule has 1 atom stereocenters. The Morgan fingerprint density at radius 2 is 2.11 bits per heavy atom. The number of aliphatic hydroxyl groups excluding tert-OH is 1. The van der Waals surface area contributed by atoms with Gasteiger partial charge in [0.1, 0.15) is 0 Å². The van der Waals surface area contributed by atoms with Crippen LogP contribution in [0.1, 0.15) is 16.8 Å². The highest BCUT2D eigenvalue weighted by Gasteiger charge is 2.13. The number of rotatable bonds is 5. The molecule has 0 aliphatic carbocycles. The van der Waals surface area contributed by atoms with Crippen molar-refractivity contribution >= 4 is 33.5 Å².